The third-order valence-electron chi connectivity index (χ3n) is 9.29. The van der Waals surface area contributed by atoms with Gasteiger partial charge < -0.3 is 25.3 Å². The lowest BCUT2D eigenvalue weighted by Gasteiger charge is -2.52. The van der Waals surface area contributed by atoms with Crippen molar-refractivity contribution in [3.8, 4) is 0 Å². The van der Waals surface area contributed by atoms with Gasteiger partial charge in [0.25, 0.3) is 0 Å². The molecule has 218 valence electrons. The molecule has 3 aliphatic rings. The molecule has 3 fully saturated rings. The van der Waals surface area contributed by atoms with Crippen molar-refractivity contribution in [2.75, 3.05) is 36.4 Å². The molecule has 2 aliphatic heterocycles. The molecule has 3 heterocycles. The number of carboxylic acids is 1. The van der Waals surface area contributed by atoms with Gasteiger partial charge in [0.2, 0.25) is 5.95 Å². The number of carboxylic acid groups (broad SMARTS) is 1. The number of hydrogen-bond donors (Lipinski definition) is 3. The number of benzene rings is 1. The highest BCUT2D eigenvalue weighted by molar-refractivity contribution is 6.35. The second kappa shape index (κ2) is 11.6. The lowest BCUT2D eigenvalue weighted by atomic mass is 9.65. The Morgan fingerprint density at radius 3 is 2.50 bits per heavy atom. The summed E-state index contributed by atoms with van der Waals surface area (Å²) in [7, 11) is 0. The summed E-state index contributed by atoms with van der Waals surface area (Å²) in [6.45, 7) is 11.8. The van der Waals surface area contributed by atoms with Crippen LogP contribution >= 0.6 is 23.2 Å². The fourth-order valence-corrected chi connectivity index (χ4v) is 7.08. The fraction of sp³-hybridized carbons (Fsp3) is 0.633. The van der Waals surface area contributed by atoms with Gasteiger partial charge in [-0.2, -0.15) is 4.98 Å². The second-order valence-electron chi connectivity index (χ2n) is 12.7. The average Bonchev–Trinajstić information content (AvgIpc) is 2.85. The second-order valence-corrected chi connectivity index (χ2v) is 13.5. The molecule has 3 N–H and O–H groups in total. The SMILES string of the molecule is CC(Nc1nc(N2CC([C@H]3CCCN(C4CC(C)(C(=O)O)C4)C3)C2)ncc1C(O)C(C)C)c1ccc(Cl)cc1Cl. The van der Waals surface area contributed by atoms with Gasteiger partial charge in [0.15, 0.2) is 0 Å². The minimum Gasteiger partial charge on any atom is -0.481 e. The van der Waals surface area contributed by atoms with E-state index in [2.05, 4.69) is 20.1 Å². The van der Waals surface area contributed by atoms with E-state index in [1.54, 1.807) is 12.3 Å². The van der Waals surface area contributed by atoms with Crippen LogP contribution in [0.1, 0.15) is 76.7 Å². The van der Waals surface area contributed by atoms with Crippen molar-refractivity contribution in [1.29, 1.82) is 0 Å². The largest absolute Gasteiger partial charge is 0.481 e. The van der Waals surface area contributed by atoms with Crippen molar-refractivity contribution < 1.29 is 15.0 Å². The first-order valence-corrected chi connectivity index (χ1v) is 15.2. The number of aliphatic hydroxyl groups excluding tert-OH is 1. The number of likely N-dealkylation sites (tertiary alicyclic amines) is 1. The molecule has 2 aromatic rings. The highest BCUT2D eigenvalue weighted by Crippen LogP contribution is 2.45. The smallest absolute Gasteiger partial charge is 0.309 e. The maximum atomic E-state index is 11.5. The summed E-state index contributed by atoms with van der Waals surface area (Å²) in [5, 5.41) is 25.0. The lowest BCUT2D eigenvalue weighted by Crippen LogP contribution is -2.58. The van der Waals surface area contributed by atoms with Crippen LogP contribution in [0.4, 0.5) is 11.8 Å². The summed E-state index contributed by atoms with van der Waals surface area (Å²) in [5.74, 6) is 1.80. The third-order valence-corrected chi connectivity index (χ3v) is 9.85. The third kappa shape index (κ3) is 5.91. The van der Waals surface area contributed by atoms with Crippen LogP contribution in [0.5, 0.6) is 0 Å². The zero-order chi connectivity index (χ0) is 28.8. The molecule has 40 heavy (non-hydrogen) atoms. The van der Waals surface area contributed by atoms with E-state index in [-0.39, 0.29) is 12.0 Å². The maximum Gasteiger partial charge on any atom is 0.309 e. The van der Waals surface area contributed by atoms with E-state index < -0.39 is 17.5 Å². The normalized spacial score (nSPS) is 27.1. The summed E-state index contributed by atoms with van der Waals surface area (Å²) in [6.07, 6.45) is 4.94. The number of nitrogens with zero attached hydrogens (tertiary/aromatic N) is 4. The zero-order valence-corrected chi connectivity index (χ0v) is 25.3. The number of aliphatic carboxylic acids is 1. The molecule has 8 nitrogen and oxygen atoms in total. The quantitative estimate of drug-likeness (QED) is 0.325. The van der Waals surface area contributed by atoms with Crippen LogP contribution in [0, 0.1) is 23.2 Å². The Morgan fingerprint density at radius 1 is 1.12 bits per heavy atom. The van der Waals surface area contributed by atoms with Crippen LogP contribution in [0.15, 0.2) is 24.4 Å². The van der Waals surface area contributed by atoms with Crippen LogP contribution in [-0.2, 0) is 4.79 Å². The van der Waals surface area contributed by atoms with Crippen molar-refractivity contribution in [3.05, 3.63) is 45.6 Å². The Hall–Kier alpha value is -2.13. The highest BCUT2D eigenvalue weighted by Gasteiger charge is 2.49. The molecule has 1 aliphatic carbocycles. The van der Waals surface area contributed by atoms with Crippen molar-refractivity contribution in [1.82, 2.24) is 14.9 Å². The van der Waals surface area contributed by atoms with Crippen LogP contribution < -0.4 is 10.2 Å². The number of carbonyl (C=O) groups is 1. The van der Waals surface area contributed by atoms with Gasteiger partial charge >= 0.3 is 5.97 Å². The molecule has 1 aromatic heterocycles. The van der Waals surface area contributed by atoms with Crippen molar-refractivity contribution in [2.45, 2.75) is 71.6 Å². The van der Waals surface area contributed by atoms with Gasteiger partial charge in [-0.3, -0.25) is 4.79 Å². The van der Waals surface area contributed by atoms with Crippen LogP contribution in [0.25, 0.3) is 0 Å². The number of nitrogens with one attached hydrogen (secondary N) is 1. The Labute approximate surface area is 247 Å². The number of aliphatic hydroxyl groups is 1. The summed E-state index contributed by atoms with van der Waals surface area (Å²) in [5.41, 5.74) is 1.02. The Balaban J connectivity index is 1.25. The van der Waals surface area contributed by atoms with Gasteiger partial charge in [-0.15, -0.1) is 0 Å². The van der Waals surface area contributed by atoms with Crippen LogP contribution in [0.3, 0.4) is 0 Å². The first-order chi connectivity index (χ1) is 18.9. The predicted octanol–water partition coefficient (Wildman–Crippen LogP) is 6.05. The molecule has 5 rings (SSSR count). The molecule has 2 unspecified atom stereocenters. The Morgan fingerprint density at radius 2 is 1.85 bits per heavy atom. The van der Waals surface area contributed by atoms with E-state index in [9.17, 15) is 15.0 Å². The van der Waals surface area contributed by atoms with Crippen molar-refractivity contribution >= 4 is 40.9 Å². The number of aromatic nitrogens is 2. The van der Waals surface area contributed by atoms with E-state index in [1.165, 1.54) is 12.8 Å². The van der Waals surface area contributed by atoms with E-state index in [1.807, 2.05) is 39.8 Å². The molecular formula is C30H41Cl2N5O3. The molecular weight excluding hydrogens is 549 g/mol. The number of halogens is 2. The van der Waals surface area contributed by atoms with E-state index in [4.69, 9.17) is 28.2 Å². The zero-order valence-electron chi connectivity index (χ0n) is 23.8. The molecule has 0 amide bonds. The highest BCUT2D eigenvalue weighted by atomic mass is 35.5. The first kappa shape index (κ1) is 29.4. The maximum absolute atomic E-state index is 11.5. The van der Waals surface area contributed by atoms with Crippen molar-refractivity contribution in [2.24, 2.45) is 23.2 Å². The van der Waals surface area contributed by atoms with Crippen LogP contribution in [0.2, 0.25) is 10.0 Å². The van der Waals surface area contributed by atoms with Gasteiger partial charge in [-0.1, -0.05) is 43.1 Å². The molecule has 0 radical (unpaired) electrons. The molecule has 0 bridgehead atoms. The molecule has 1 aromatic carbocycles. The molecule has 0 spiro atoms. The monoisotopic (exact) mass is 589 g/mol. The fourth-order valence-electron chi connectivity index (χ4n) is 6.50. The molecule has 2 saturated heterocycles. The Bertz CT molecular complexity index is 1230. The first-order valence-electron chi connectivity index (χ1n) is 14.4. The molecule has 10 heteroatoms. The summed E-state index contributed by atoms with van der Waals surface area (Å²) >= 11 is 12.6. The number of hydrogen-bond acceptors (Lipinski definition) is 7. The summed E-state index contributed by atoms with van der Waals surface area (Å²) in [4.78, 5) is 25.8. The lowest BCUT2D eigenvalue weighted by molar-refractivity contribution is -0.158. The van der Waals surface area contributed by atoms with E-state index >= 15 is 0 Å². The summed E-state index contributed by atoms with van der Waals surface area (Å²) in [6, 6.07) is 5.69. The number of piperidine rings is 1. The van der Waals surface area contributed by atoms with Crippen molar-refractivity contribution in [3.63, 3.8) is 0 Å². The molecule has 3 atom stereocenters. The van der Waals surface area contributed by atoms with E-state index in [0.717, 1.165) is 44.6 Å². The average molecular weight is 591 g/mol. The summed E-state index contributed by atoms with van der Waals surface area (Å²) < 4.78 is 0. The minimum atomic E-state index is -0.698. The number of rotatable bonds is 9. The molecule has 1 saturated carbocycles. The number of anilines is 2. The van der Waals surface area contributed by atoms with Gasteiger partial charge in [0.1, 0.15) is 5.82 Å². The van der Waals surface area contributed by atoms with Gasteiger partial charge in [-0.25, -0.2) is 4.98 Å². The van der Waals surface area contributed by atoms with Gasteiger partial charge in [0.05, 0.1) is 17.6 Å². The topological polar surface area (TPSA) is 102 Å². The van der Waals surface area contributed by atoms with Crippen LogP contribution in [-0.4, -0.2) is 63.3 Å². The standard InChI is InChI=1S/C30H41Cl2N5O3/c1-17(2)26(38)24-13-33-29(35-27(24)34-18(3)23-8-7-21(31)10-25(23)32)37-15-20(16-37)19-6-5-9-36(14-19)22-11-30(4,12-22)28(39)40/h7-8,10,13,17-20,22,26,38H,5-6,9,11-12,14-16H2,1-4H3,(H,39,40)(H,33,34,35)/t18?,19-,22?,26?,30?/m0/s1. The predicted molar refractivity (Wildman–Crippen MR) is 159 cm³/mol. The minimum absolute atomic E-state index is 0.0103. The van der Waals surface area contributed by atoms with Gasteiger partial charge in [-0.05, 0) is 81.5 Å². The van der Waals surface area contributed by atoms with Gasteiger partial charge in [0, 0.05) is 47.5 Å². The Kier molecular flexibility index (Phi) is 8.54. The van der Waals surface area contributed by atoms with E-state index in [0.29, 0.717) is 45.3 Å².